The first-order chi connectivity index (χ1) is 37.2. The summed E-state index contributed by atoms with van der Waals surface area (Å²) in [5.74, 6) is 0. The summed E-state index contributed by atoms with van der Waals surface area (Å²) in [6.07, 6.45) is -9.89. The Morgan fingerprint density at radius 1 is 0.325 bits per heavy atom. The van der Waals surface area contributed by atoms with E-state index >= 15 is 26.3 Å². The first-order valence-corrected chi connectivity index (χ1v) is 25.7. The molecule has 77 heavy (non-hydrogen) atoms. The van der Waals surface area contributed by atoms with Crippen LogP contribution in [-0.4, -0.2) is 0 Å². The van der Waals surface area contributed by atoms with Gasteiger partial charge in [-0.2, -0.15) is 26.3 Å². The maximum absolute atomic E-state index is 15.3. The Labute approximate surface area is 442 Å². The minimum atomic E-state index is -4.95. The van der Waals surface area contributed by atoms with Crippen LogP contribution in [0.1, 0.15) is 58.4 Å². The van der Waals surface area contributed by atoms with E-state index in [0.29, 0.717) is 16.7 Å². The van der Waals surface area contributed by atoms with Crippen LogP contribution in [0.4, 0.5) is 43.4 Å². The molecule has 0 saturated heterocycles. The van der Waals surface area contributed by atoms with Gasteiger partial charge < -0.3 is 4.90 Å². The van der Waals surface area contributed by atoms with Crippen molar-refractivity contribution >= 4 is 27.8 Å². The number of hydrogen-bond acceptors (Lipinski definition) is 1. The van der Waals surface area contributed by atoms with E-state index in [9.17, 15) is 0 Å². The van der Waals surface area contributed by atoms with Gasteiger partial charge in [-0.3, -0.25) is 0 Å². The number of rotatable bonds is 6. The minimum Gasteiger partial charge on any atom is -0.310 e. The average Bonchev–Trinajstić information content (AvgIpc) is 4.24. The molecule has 1 spiro atoms. The highest BCUT2D eigenvalue weighted by atomic mass is 19.4. The van der Waals surface area contributed by atoms with Crippen LogP contribution >= 0.6 is 0 Å². The summed E-state index contributed by atoms with van der Waals surface area (Å²) in [5.41, 5.74) is 12.1. The molecule has 372 valence electrons. The zero-order valence-electron chi connectivity index (χ0n) is 41.7. The van der Waals surface area contributed by atoms with Gasteiger partial charge in [-0.25, -0.2) is 0 Å². The number of benzene rings is 11. The second-order valence-corrected chi connectivity index (χ2v) is 20.9. The van der Waals surface area contributed by atoms with Crippen LogP contribution in [0, 0.1) is 0 Å². The molecule has 1 nitrogen and oxygen atoms in total. The fourth-order valence-electron chi connectivity index (χ4n) is 13.3. The monoisotopic (exact) mass is 1010 g/mol. The maximum atomic E-state index is 15.3. The third-order valence-electron chi connectivity index (χ3n) is 16.6. The van der Waals surface area contributed by atoms with Crippen LogP contribution in [0.15, 0.2) is 237 Å². The first kappa shape index (κ1) is 46.6. The molecule has 0 amide bonds. The Balaban J connectivity index is 0.964. The van der Waals surface area contributed by atoms with Crippen molar-refractivity contribution in [3.63, 3.8) is 0 Å². The molecule has 0 atom stereocenters. The van der Waals surface area contributed by atoms with Gasteiger partial charge in [-0.15, -0.1) is 0 Å². The highest BCUT2D eigenvalue weighted by Gasteiger charge is 2.57. The zero-order valence-corrected chi connectivity index (χ0v) is 41.7. The van der Waals surface area contributed by atoms with Gasteiger partial charge in [0, 0.05) is 22.2 Å². The second-order valence-electron chi connectivity index (χ2n) is 20.9. The van der Waals surface area contributed by atoms with Crippen molar-refractivity contribution in [3.8, 4) is 66.8 Å². The Hall–Kier alpha value is -8.94. The van der Waals surface area contributed by atoms with E-state index < -0.39 is 40.0 Å². The van der Waals surface area contributed by atoms with Crippen LogP contribution in [0.3, 0.4) is 0 Å². The molecule has 3 aliphatic carbocycles. The molecule has 14 rings (SSSR count). The van der Waals surface area contributed by atoms with Crippen molar-refractivity contribution in [2.75, 3.05) is 4.90 Å². The van der Waals surface area contributed by atoms with E-state index in [4.69, 9.17) is 0 Å². The molecule has 0 aliphatic heterocycles. The van der Waals surface area contributed by atoms with Gasteiger partial charge in [0.15, 0.2) is 0 Å². The Bertz CT molecular complexity index is 4140. The summed E-state index contributed by atoms with van der Waals surface area (Å²) in [5, 5.41) is 1.76. The summed E-state index contributed by atoms with van der Waals surface area (Å²) < 4.78 is 91.9. The molecule has 0 fully saturated rings. The highest BCUT2D eigenvalue weighted by Crippen LogP contribution is 2.67. The number of halogens is 6. The SMILES string of the molecule is CC1(C)c2ccccc2-c2ccc(-c3ccc(N(c4ccc(-c5ccccc5)cc4)c4ccc(-c5cccc6c5C5(c7ccccc7-6)c6cccc(C(F)(F)F)c6-c6c(C(F)(F)F)cccc65)c5ccccc45)cc3)cc21. The molecule has 0 unspecified atom stereocenters. The number of fused-ring (bicyclic) bond motifs is 14. The van der Waals surface area contributed by atoms with Gasteiger partial charge in [0.1, 0.15) is 0 Å². The van der Waals surface area contributed by atoms with E-state index in [-0.39, 0.29) is 16.5 Å². The molecule has 0 aromatic heterocycles. The molecule has 3 aliphatic rings. The minimum absolute atomic E-state index is 0.151. The summed E-state index contributed by atoms with van der Waals surface area (Å²) in [4.78, 5) is 2.25. The van der Waals surface area contributed by atoms with E-state index in [1.807, 2.05) is 72.8 Å². The molecule has 0 saturated carbocycles. The summed E-state index contributed by atoms with van der Waals surface area (Å²) in [6.45, 7) is 4.58. The number of anilines is 3. The lowest BCUT2D eigenvalue weighted by Crippen LogP contribution is -2.27. The molecule has 0 bridgehead atoms. The molecule has 0 heterocycles. The van der Waals surface area contributed by atoms with Crippen LogP contribution in [0.5, 0.6) is 0 Å². The normalized spacial score (nSPS) is 14.2. The van der Waals surface area contributed by atoms with Crippen molar-refractivity contribution in [3.05, 3.63) is 281 Å². The van der Waals surface area contributed by atoms with Crippen LogP contribution in [0.2, 0.25) is 0 Å². The van der Waals surface area contributed by atoms with Gasteiger partial charge in [0.25, 0.3) is 0 Å². The molecule has 0 radical (unpaired) electrons. The van der Waals surface area contributed by atoms with Crippen molar-refractivity contribution in [2.45, 2.75) is 37.0 Å². The highest BCUT2D eigenvalue weighted by molar-refractivity contribution is 6.09. The zero-order chi connectivity index (χ0) is 52.6. The molecule has 7 heteroatoms. The Kier molecular flexibility index (Phi) is 10.2. The quantitative estimate of drug-likeness (QED) is 0.150. The molecular weight excluding hydrogens is 969 g/mol. The van der Waals surface area contributed by atoms with E-state index in [0.717, 1.165) is 78.9 Å². The van der Waals surface area contributed by atoms with E-state index in [1.54, 1.807) is 12.1 Å². The lowest BCUT2D eigenvalue weighted by molar-refractivity contribution is -0.139. The van der Waals surface area contributed by atoms with Crippen LogP contribution in [-0.2, 0) is 23.2 Å². The van der Waals surface area contributed by atoms with Gasteiger partial charge in [0.05, 0.1) is 22.2 Å². The average molecular weight is 1010 g/mol. The number of alkyl halides is 6. The number of hydrogen-bond donors (Lipinski definition) is 0. The van der Waals surface area contributed by atoms with Crippen LogP contribution in [0.25, 0.3) is 77.5 Å². The van der Waals surface area contributed by atoms with Crippen molar-refractivity contribution in [2.24, 2.45) is 0 Å². The van der Waals surface area contributed by atoms with E-state index in [1.165, 1.54) is 34.4 Å². The van der Waals surface area contributed by atoms with Crippen molar-refractivity contribution in [1.82, 2.24) is 0 Å². The summed E-state index contributed by atoms with van der Waals surface area (Å²) >= 11 is 0. The fraction of sp³-hybridized carbons (Fsp3) is 0.0857. The van der Waals surface area contributed by atoms with E-state index in [2.05, 4.69) is 146 Å². The third kappa shape index (κ3) is 6.82. The van der Waals surface area contributed by atoms with Gasteiger partial charge in [0.2, 0.25) is 0 Å². The molecule has 11 aromatic carbocycles. The lowest BCUT2D eigenvalue weighted by atomic mass is 9.68. The molecule has 0 N–H and O–H groups in total. The topological polar surface area (TPSA) is 3.24 Å². The van der Waals surface area contributed by atoms with Gasteiger partial charge >= 0.3 is 12.4 Å². The number of nitrogens with zero attached hydrogens (tertiary/aromatic N) is 1. The summed E-state index contributed by atoms with van der Waals surface area (Å²) in [7, 11) is 0. The third-order valence-corrected chi connectivity index (χ3v) is 16.6. The van der Waals surface area contributed by atoms with Crippen LogP contribution < -0.4 is 4.90 Å². The molecular formula is C70H45F6N. The first-order valence-electron chi connectivity index (χ1n) is 25.7. The van der Waals surface area contributed by atoms with Gasteiger partial charge in [-0.05, 0) is 154 Å². The van der Waals surface area contributed by atoms with Gasteiger partial charge in [-0.1, -0.05) is 202 Å². The smallest absolute Gasteiger partial charge is 0.310 e. The lowest BCUT2D eigenvalue weighted by Gasteiger charge is -2.33. The van der Waals surface area contributed by atoms with Crippen molar-refractivity contribution in [1.29, 1.82) is 0 Å². The standard InChI is InChI=1S/C70H45F6N/c1-67(2)56-23-10-8-18-50(56)52-38-33-45(41-62(52)67)44-31-36-47(37-32-44)77(46-34-29-43(30-35-46)42-15-4-3-5-16-42)63-40-39-49(48-17-6-7-20-53(48)63)54-21-12-22-55-51-19-9-11-24-57(51)68(66(54)55)58-25-13-27-60(69(71,72)73)64(58)65-59(68)26-14-28-61(65)70(74,75)76/h3-41H,1-2H3. The maximum Gasteiger partial charge on any atom is 0.417 e. The predicted octanol–water partition coefficient (Wildman–Crippen LogP) is 20.0. The second kappa shape index (κ2) is 16.8. The Morgan fingerprint density at radius 2 is 0.753 bits per heavy atom. The summed E-state index contributed by atoms with van der Waals surface area (Å²) in [6, 6.07) is 76.0. The van der Waals surface area contributed by atoms with Crippen molar-refractivity contribution < 1.29 is 26.3 Å². The largest absolute Gasteiger partial charge is 0.417 e. The Morgan fingerprint density at radius 3 is 1.36 bits per heavy atom. The fourth-order valence-corrected chi connectivity index (χ4v) is 13.3. The molecule has 11 aromatic rings. The predicted molar refractivity (Wildman–Crippen MR) is 299 cm³/mol.